The first-order valence-corrected chi connectivity index (χ1v) is 9.95. The molecule has 2 aliphatic heterocycles. The van der Waals surface area contributed by atoms with E-state index in [1.165, 1.54) is 0 Å². The summed E-state index contributed by atoms with van der Waals surface area (Å²) < 4.78 is 17.4. The number of carbonyl (C=O) groups excluding carboxylic acids is 2. The lowest BCUT2D eigenvalue weighted by Crippen LogP contribution is -2.58. The molecule has 0 aromatic rings. The molecule has 0 unspecified atom stereocenters. The van der Waals surface area contributed by atoms with Crippen molar-refractivity contribution in [3.63, 3.8) is 0 Å². The van der Waals surface area contributed by atoms with Crippen molar-refractivity contribution in [1.82, 2.24) is 0 Å². The van der Waals surface area contributed by atoms with E-state index in [4.69, 9.17) is 14.2 Å². The first-order valence-electron chi connectivity index (χ1n) is 9.95. The molecule has 5 aliphatic rings. The summed E-state index contributed by atoms with van der Waals surface area (Å²) in [5.74, 6) is -0.878. The van der Waals surface area contributed by atoms with E-state index < -0.39 is 23.3 Å². The minimum atomic E-state index is -0.950. The number of hydrogen-bond acceptors (Lipinski definition) is 6. The normalized spacial score (nSPS) is 44.3. The van der Waals surface area contributed by atoms with Crippen LogP contribution in [0.5, 0.6) is 0 Å². The largest absolute Gasteiger partial charge is 0.457 e. The van der Waals surface area contributed by atoms with Crippen LogP contribution in [0.15, 0.2) is 12.2 Å². The van der Waals surface area contributed by atoms with Gasteiger partial charge in [0.15, 0.2) is 0 Å². The van der Waals surface area contributed by atoms with E-state index >= 15 is 0 Å². The van der Waals surface area contributed by atoms with Crippen LogP contribution in [0.3, 0.4) is 0 Å². The monoisotopic (exact) mass is 378 g/mol. The van der Waals surface area contributed by atoms with Crippen LogP contribution < -0.4 is 0 Å². The van der Waals surface area contributed by atoms with Crippen LogP contribution in [0.2, 0.25) is 0 Å². The van der Waals surface area contributed by atoms with E-state index in [2.05, 4.69) is 6.58 Å². The van der Waals surface area contributed by atoms with Crippen LogP contribution in [-0.4, -0.2) is 41.6 Å². The second kappa shape index (κ2) is 5.80. The van der Waals surface area contributed by atoms with Crippen molar-refractivity contribution in [1.29, 1.82) is 0 Å². The molecule has 150 valence electrons. The van der Waals surface area contributed by atoms with Gasteiger partial charge in [0.05, 0.1) is 24.0 Å². The van der Waals surface area contributed by atoms with Crippen molar-refractivity contribution in [2.24, 2.45) is 28.6 Å². The number of carbonyl (C=O) groups is 2. The average Bonchev–Trinajstić information content (AvgIpc) is 3.10. The molecule has 3 aliphatic carbocycles. The third kappa shape index (κ3) is 2.59. The zero-order chi connectivity index (χ0) is 19.8. The molecular formula is C21H30O6. The molecule has 2 spiro atoms. The minimum absolute atomic E-state index is 0.0515. The highest BCUT2D eigenvalue weighted by atomic mass is 16.7. The Morgan fingerprint density at radius 1 is 1.41 bits per heavy atom. The summed E-state index contributed by atoms with van der Waals surface area (Å²) in [6.45, 7) is 11.7. The Morgan fingerprint density at radius 2 is 2.11 bits per heavy atom. The van der Waals surface area contributed by atoms with Gasteiger partial charge >= 0.3 is 11.9 Å². The summed E-state index contributed by atoms with van der Waals surface area (Å²) in [5, 5.41) is 9.85. The maximum absolute atomic E-state index is 12.5. The SMILES string of the molecule is C=C1[C@@H](OC(=O)C(C)(C)[C@@H](C)O)C[C@H]2C[C@@H]1[C@@]21CO[C@@]2(C[C@H](C)C(=O)O2)C1. The third-order valence-electron chi connectivity index (χ3n) is 7.72. The number of aliphatic hydroxyl groups excluding tert-OH is 1. The number of rotatable bonds is 3. The van der Waals surface area contributed by atoms with Gasteiger partial charge in [-0.25, -0.2) is 0 Å². The van der Waals surface area contributed by atoms with Gasteiger partial charge in [-0.15, -0.1) is 0 Å². The molecule has 2 heterocycles. The molecule has 0 aromatic heterocycles. The molecule has 0 amide bonds. The molecule has 1 N–H and O–H groups in total. The number of ether oxygens (including phenoxy) is 3. The standard InChI is InChI=1S/C21H30O6/c1-11-8-21(27-17(11)23)9-20(10-25-21)14-6-15(20)12(2)16(7-14)26-18(24)19(4,5)13(3)22/h11,13-16,22H,2,6-10H2,1,3-5H3/t11-,13+,14+,15-,16-,20-,21+/m0/s1. The highest BCUT2D eigenvalue weighted by Gasteiger charge is 2.69. The molecule has 0 aromatic carbocycles. The topological polar surface area (TPSA) is 82.1 Å². The zero-order valence-corrected chi connectivity index (χ0v) is 16.6. The summed E-state index contributed by atoms with van der Waals surface area (Å²) in [7, 11) is 0. The van der Waals surface area contributed by atoms with Gasteiger partial charge in [0.25, 0.3) is 0 Å². The van der Waals surface area contributed by atoms with Crippen LogP contribution in [0.4, 0.5) is 0 Å². The molecule has 5 rings (SSSR count). The number of aliphatic hydroxyl groups is 1. The highest BCUT2D eigenvalue weighted by Crippen LogP contribution is 2.68. The molecule has 27 heavy (non-hydrogen) atoms. The lowest BCUT2D eigenvalue weighted by molar-refractivity contribution is -0.192. The van der Waals surface area contributed by atoms with Crippen LogP contribution in [-0.2, 0) is 23.8 Å². The summed E-state index contributed by atoms with van der Waals surface area (Å²) in [6.07, 6.45) is 1.97. The van der Waals surface area contributed by atoms with Crippen molar-refractivity contribution in [3.05, 3.63) is 12.2 Å². The second-order valence-electron chi connectivity index (χ2n) is 9.72. The first kappa shape index (κ1) is 18.9. The number of hydrogen-bond donors (Lipinski definition) is 1. The average molecular weight is 378 g/mol. The fraction of sp³-hybridized carbons (Fsp3) is 0.810. The van der Waals surface area contributed by atoms with Gasteiger partial charge in [0, 0.05) is 18.3 Å². The van der Waals surface area contributed by atoms with Crippen LogP contribution >= 0.6 is 0 Å². The van der Waals surface area contributed by atoms with E-state index in [-0.39, 0.29) is 29.3 Å². The van der Waals surface area contributed by atoms with Crippen molar-refractivity contribution in [2.45, 2.75) is 71.4 Å². The van der Waals surface area contributed by atoms with E-state index in [0.717, 1.165) is 18.4 Å². The van der Waals surface area contributed by atoms with E-state index in [0.29, 0.717) is 25.4 Å². The summed E-state index contributed by atoms with van der Waals surface area (Å²) in [4.78, 5) is 24.4. The predicted molar refractivity (Wildman–Crippen MR) is 96.3 cm³/mol. The van der Waals surface area contributed by atoms with Crippen molar-refractivity contribution in [2.75, 3.05) is 6.61 Å². The van der Waals surface area contributed by atoms with Gasteiger partial charge in [-0.2, -0.15) is 0 Å². The maximum atomic E-state index is 12.5. The lowest BCUT2D eigenvalue weighted by Gasteiger charge is -2.60. The minimum Gasteiger partial charge on any atom is -0.457 e. The summed E-state index contributed by atoms with van der Waals surface area (Å²) in [6, 6.07) is 0. The quantitative estimate of drug-likeness (QED) is 0.600. The van der Waals surface area contributed by atoms with Gasteiger partial charge in [-0.1, -0.05) is 13.5 Å². The van der Waals surface area contributed by atoms with Crippen molar-refractivity contribution in [3.8, 4) is 0 Å². The fourth-order valence-corrected chi connectivity index (χ4v) is 5.37. The Balaban J connectivity index is 1.46. The van der Waals surface area contributed by atoms with Crippen LogP contribution in [0.1, 0.15) is 53.4 Å². The molecule has 6 heteroatoms. The van der Waals surface area contributed by atoms with Crippen LogP contribution in [0, 0.1) is 28.6 Å². The number of fused-ring (bicyclic) bond motifs is 2. The fourth-order valence-electron chi connectivity index (χ4n) is 5.37. The van der Waals surface area contributed by atoms with Gasteiger partial charge in [0.2, 0.25) is 5.79 Å². The Labute approximate surface area is 160 Å². The molecule has 7 atom stereocenters. The molecule has 2 bridgehead atoms. The molecular weight excluding hydrogens is 348 g/mol. The molecule has 3 saturated carbocycles. The second-order valence-corrected chi connectivity index (χ2v) is 9.72. The van der Waals surface area contributed by atoms with Gasteiger partial charge in [-0.3, -0.25) is 9.59 Å². The van der Waals surface area contributed by atoms with Crippen molar-refractivity contribution < 1.29 is 28.9 Å². The Kier molecular flexibility index (Phi) is 4.07. The van der Waals surface area contributed by atoms with E-state index in [1.54, 1.807) is 20.8 Å². The summed E-state index contributed by atoms with van der Waals surface area (Å²) >= 11 is 0. The summed E-state index contributed by atoms with van der Waals surface area (Å²) in [5.41, 5.74) is -0.0661. The van der Waals surface area contributed by atoms with Crippen molar-refractivity contribution >= 4 is 11.9 Å². The van der Waals surface area contributed by atoms with Gasteiger partial charge in [0.1, 0.15) is 6.10 Å². The van der Waals surface area contributed by atoms with E-state index in [1.807, 2.05) is 6.92 Å². The highest BCUT2D eigenvalue weighted by molar-refractivity contribution is 5.77. The smallest absolute Gasteiger partial charge is 0.314 e. The van der Waals surface area contributed by atoms with Crippen LogP contribution in [0.25, 0.3) is 0 Å². The predicted octanol–water partition coefficient (Wildman–Crippen LogP) is 2.59. The third-order valence-corrected chi connectivity index (χ3v) is 7.72. The molecule has 2 saturated heterocycles. The number of esters is 2. The Morgan fingerprint density at radius 3 is 2.67 bits per heavy atom. The molecule has 5 fully saturated rings. The Bertz CT molecular complexity index is 697. The molecule has 0 radical (unpaired) electrons. The first-order chi connectivity index (χ1) is 12.5. The molecule has 6 nitrogen and oxygen atoms in total. The van der Waals surface area contributed by atoms with E-state index in [9.17, 15) is 14.7 Å². The zero-order valence-electron chi connectivity index (χ0n) is 16.6. The lowest BCUT2D eigenvalue weighted by atomic mass is 9.44. The van der Waals surface area contributed by atoms with Gasteiger partial charge in [-0.05, 0) is 51.0 Å². The Hall–Kier alpha value is -1.40. The van der Waals surface area contributed by atoms with Gasteiger partial charge < -0.3 is 19.3 Å². The maximum Gasteiger partial charge on any atom is 0.314 e.